The molecule has 0 bridgehead atoms. The molecule has 1 aromatic carbocycles. The molecule has 0 radical (unpaired) electrons. The molecule has 0 spiro atoms. The van der Waals surface area contributed by atoms with E-state index in [1.807, 2.05) is 30.5 Å². The van der Waals surface area contributed by atoms with Crippen molar-refractivity contribution in [1.29, 1.82) is 0 Å². The molecular formula is C14H15ClN2O. The number of aromatic nitrogens is 1. The predicted molar refractivity (Wildman–Crippen MR) is 73.1 cm³/mol. The number of benzene rings is 1. The zero-order chi connectivity index (χ0) is 12.8. The first kappa shape index (κ1) is 12.9. The molecule has 3 nitrogen and oxygen atoms in total. The quantitative estimate of drug-likeness (QED) is 0.893. The van der Waals surface area contributed by atoms with Gasteiger partial charge in [0.1, 0.15) is 11.5 Å². The van der Waals surface area contributed by atoms with Crippen molar-refractivity contribution in [3.8, 4) is 11.5 Å². The second-order valence-corrected chi connectivity index (χ2v) is 4.26. The van der Waals surface area contributed by atoms with Gasteiger partial charge in [-0.1, -0.05) is 24.6 Å². The molecule has 2 aromatic rings. The van der Waals surface area contributed by atoms with Crippen LogP contribution in [0.25, 0.3) is 0 Å². The Hall–Kier alpha value is -1.58. The lowest BCUT2D eigenvalue weighted by molar-refractivity contribution is 0.472. The lowest BCUT2D eigenvalue weighted by Gasteiger charge is -2.11. The van der Waals surface area contributed by atoms with Gasteiger partial charge in [-0.3, -0.25) is 4.98 Å². The van der Waals surface area contributed by atoms with Crippen molar-refractivity contribution in [3.05, 3.63) is 53.3 Å². The van der Waals surface area contributed by atoms with Crippen LogP contribution in [-0.4, -0.2) is 11.5 Å². The van der Waals surface area contributed by atoms with Gasteiger partial charge >= 0.3 is 0 Å². The number of nitrogens with zero attached hydrogens (tertiary/aromatic N) is 1. The Balaban J connectivity index is 2.17. The monoisotopic (exact) mass is 262 g/mol. The number of halogens is 1. The first-order chi connectivity index (χ1) is 8.79. The summed E-state index contributed by atoms with van der Waals surface area (Å²) in [6, 6.07) is 9.21. The van der Waals surface area contributed by atoms with E-state index in [2.05, 4.69) is 17.2 Å². The third-order valence-electron chi connectivity index (χ3n) is 2.45. The zero-order valence-corrected chi connectivity index (χ0v) is 10.9. The molecular weight excluding hydrogens is 248 g/mol. The molecule has 0 aliphatic rings. The summed E-state index contributed by atoms with van der Waals surface area (Å²) in [5, 5.41) is 3.92. The van der Waals surface area contributed by atoms with Gasteiger partial charge in [-0.05, 0) is 30.8 Å². The third kappa shape index (κ3) is 3.45. The van der Waals surface area contributed by atoms with E-state index in [9.17, 15) is 0 Å². The van der Waals surface area contributed by atoms with Crippen LogP contribution in [0.3, 0.4) is 0 Å². The van der Waals surface area contributed by atoms with Crippen molar-refractivity contribution in [3.63, 3.8) is 0 Å². The minimum atomic E-state index is 0.662. The zero-order valence-electron chi connectivity index (χ0n) is 10.2. The van der Waals surface area contributed by atoms with Gasteiger partial charge in [0.2, 0.25) is 0 Å². The van der Waals surface area contributed by atoms with Crippen molar-refractivity contribution in [1.82, 2.24) is 10.3 Å². The fourth-order valence-corrected chi connectivity index (χ4v) is 1.74. The summed E-state index contributed by atoms with van der Waals surface area (Å²) in [6.07, 6.45) is 3.53. The first-order valence-corrected chi connectivity index (χ1v) is 6.24. The smallest absolute Gasteiger partial charge is 0.134 e. The number of hydrogen-bond donors (Lipinski definition) is 1. The van der Waals surface area contributed by atoms with Crippen LogP contribution < -0.4 is 10.1 Å². The summed E-state index contributed by atoms with van der Waals surface area (Å²) < 4.78 is 5.82. The Morgan fingerprint density at radius 1 is 1.33 bits per heavy atom. The molecule has 0 saturated carbocycles. The minimum absolute atomic E-state index is 0.662. The Morgan fingerprint density at radius 2 is 2.22 bits per heavy atom. The van der Waals surface area contributed by atoms with Crippen molar-refractivity contribution in [2.75, 3.05) is 6.54 Å². The molecule has 2 rings (SSSR count). The number of ether oxygens (including phenoxy) is 1. The first-order valence-electron chi connectivity index (χ1n) is 5.86. The summed E-state index contributed by atoms with van der Waals surface area (Å²) in [5.41, 5.74) is 1.03. The topological polar surface area (TPSA) is 34.2 Å². The maximum atomic E-state index is 5.93. The molecule has 1 heterocycles. The van der Waals surface area contributed by atoms with Crippen molar-refractivity contribution >= 4 is 11.6 Å². The molecule has 4 heteroatoms. The fourth-order valence-electron chi connectivity index (χ4n) is 1.56. The third-order valence-corrected chi connectivity index (χ3v) is 2.68. The van der Waals surface area contributed by atoms with E-state index in [1.165, 1.54) is 0 Å². The van der Waals surface area contributed by atoms with Crippen LogP contribution in [0.15, 0.2) is 42.7 Å². The summed E-state index contributed by atoms with van der Waals surface area (Å²) >= 11 is 5.93. The molecule has 0 amide bonds. The molecule has 1 N–H and O–H groups in total. The number of nitrogens with one attached hydrogen (secondary N) is 1. The Kier molecular flexibility index (Phi) is 4.56. The fraction of sp³-hybridized carbons (Fsp3) is 0.214. The maximum absolute atomic E-state index is 5.93. The van der Waals surface area contributed by atoms with E-state index in [-0.39, 0.29) is 0 Å². The highest BCUT2D eigenvalue weighted by Gasteiger charge is 2.04. The average Bonchev–Trinajstić information content (AvgIpc) is 2.38. The highest BCUT2D eigenvalue weighted by atomic mass is 35.5. The van der Waals surface area contributed by atoms with Gasteiger partial charge in [0.15, 0.2) is 0 Å². The minimum Gasteiger partial charge on any atom is -0.457 e. The van der Waals surface area contributed by atoms with E-state index in [4.69, 9.17) is 16.3 Å². The molecule has 94 valence electrons. The predicted octanol–water partition coefficient (Wildman–Crippen LogP) is 3.64. The highest BCUT2D eigenvalue weighted by Crippen LogP contribution is 2.26. The highest BCUT2D eigenvalue weighted by molar-refractivity contribution is 6.30. The number of pyridine rings is 1. The second kappa shape index (κ2) is 6.38. The van der Waals surface area contributed by atoms with E-state index in [0.29, 0.717) is 5.02 Å². The summed E-state index contributed by atoms with van der Waals surface area (Å²) in [4.78, 5) is 4.11. The standard InChI is InChI=1S/C14H15ClN2O/c1-2-16-9-11-10-17-7-6-14(11)18-13-5-3-4-12(15)8-13/h3-8,10,16H,2,9H2,1H3. The molecule has 0 fully saturated rings. The second-order valence-electron chi connectivity index (χ2n) is 3.82. The average molecular weight is 263 g/mol. The van der Waals surface area contributed by atoms with Crippen LogP contribution in [0.4, 0.5) is 0 Å². The molecule has 0 aliphatic carbocycles. The van der Waals surface area contributed by atoms with E-state index in [0.717, 1.165) is 30.2 Å². The molecule has 18 heavy (non-hydrogen) atoms. The SMILES string of the molecule is CCNCc1cnccc1Oc1cccc(Cl)c1. The van der Waals surface area contributed by atoms with E-state index < -0.39 is 0 Å². The van der Waals surface area contributed by atoms with Gasteiger partial charge < -0.3 is 10.1 Å². The van der Waals surface area contributed by atoms with Crippen molar-refractivity contribution < 1.29 is 4.74 Å². The molecule has 0 atom stereocenters. The summed E-state index contributed by atoms with van der Waals surface area (Å²) in [5.74, 6) is 1.53. The van der Waals surface area contributed by atoms with Crippen LogP contribution in [0, 0.1) is 0 Å². The Bertz CT molecular complexity index is 517. The lowest BCUT2D eigenvalue weighted by Crippen LogP contribution is -2.12. The molecule has 0 aliphatic heterocycles. The van der Waals surface area contributed by atoms with Crippen LogP contribution in [0.5, 0.6) is 11.5 Å². The van der Waals surface area contributed by atoms with Crippen LogP contribution in [-0.2, 0) is 6.54 Å². The largest absolute Gasteiger partial charge is 0.457 e. The van der Waals surface area contributed by atoms with Crippen molar-refractivity contribution in [2.45, 2.75) is 13.5 Å². The van der Waals surface area contributed by atoms with Gasteiger partial charge in [0.05, 0.1) is 0 Å². The molecule has 0 unspecified atom stereocenters. The Morgan fingerprint density at radius 3 is 3.00 bits per heavy atom. The van der Waals surface area contributed by atoms with Gasteiger partial charge in [0, 0.05) is 29.5 Å². The van der Waals surface area contributed by atoms with Crippen LogP contribution in [0.1, 0.15) is 12.5 Å². The number of rotatable bonds is 5. The van der Waals surface area contributed by atoms with Gasteiger partial charge in [-0.2, -0.15) is 0 Å². The summed E-state index contributed by atoms with van der Waals surface area (Å²) in [7, 11) is 0. The lowest BCUT2D eigenvalue weighted by atomic mass is 10.2. The molecule has 0 saturated heterocycles. The van der Waals surface area contributed by atoms with Crippen LogP contribution >= 0.6 is 11.6 Å². The van der Waals surface area contributed by atoms with Gasteiger partial charge in [-0.25, -0.2) is 0 Å². The van der Waals surface area contributed by atoms with E-state index >= 15 is 0 Å². The number of hydrogen-bond acceptors (Lipinski definition) is 3. The normalized spacial score (nSPS) is 10.3. The van der Waals surface area contributed by atoms with Gasteiger partial charge in [-0.15, -0.1) is 0 Å². The summed E-state index contributed by atoms with van der Waals surface area (Å²) in [6.45, 7) is 3.71. The van der Waals surface area contributed by atoms with Crippen LogP contribution in [0.2, 0.25) is 5.02 Å². The van der Waals surface area contributed by atoms with Crippen molar-refractivity contribution in [2.24, 2.45) is 0 Å². The Labute approximate surface area is 112 Å². The maximum Gasteiger partial charge on any atom is 0.134 e. The molecule has 1 aromatic heterocycles. The van der Waals surface area contributed by atoms with E-state index in [1.54, 1.807) is 12.3 Å². The van der Waals surface area contributed by atoms with Gasteiger partial charge in [0.25, 0.3) is 0 Å².